The zero-order valence-electron chi connectivity index (χ0n) is 18.7. The highest BCUT2D eigenvalue weighted by atomic mass is 31.2. The van der Waals surface area contributed by atoms with Crippen LogP contribution < -0.4 is 14.8 Å². The van der Waals surface area contributed by atoms with Gasteiger partial charge in [0.05, 0.1) is 24.1 Å². The van der Waals surface area contributed by atoms with E-state index in [4.69, 9.17) is 9.47 Å². The lowest BCUT2D eigenvalue weighted by molar-refractivity contribution is 0.0885. The first-order chi connectivity index (χ1) is 16.6. The lowest BCUT2D eigenvalue weighted by Crippen LogP contribution is -2.28. The number of benzene rings is 3. The van der Waals surface area contributed by atoms with E-state index >= 15 is 17.4 Å². The molecule has 0 bridgehead atoms. The highest BCUT2D eigenvalue weighted by Crippen LogP contribution is 2.66. The monoisotopic (exact) mass is 516 g/mol. The molecule has 0 fully saturated rings. The number of fused-ring (bicyclic) bond motifs is 3. The van der Waals surface area contributed by atoms with Crippen LogP contribution in [-0.4, -0.2) is 13.2 Å². The second-order valence-corrected chi connectivity index (χ2v) is 9.39. The summed E-state index contributed by atoms with van der Waals surface area (Å²) >= 11 is 0. The Morgan fingerprint density at radius 3 is 1.94 bits per heavy atom. The Morgan fingerprint density at radius 1 is 0.714 bits per heavy atom. The van der Waals surface area contributed by atoms with Crippen molar-refractivity contribution in [2.24, 2.45) is 0 Å². The van der Waals surface area contributed by atoms with E-state index in [9.17, 15) is 13.2 Å². The Kier molecular flexibility index (Phi) is 7.00. The van der Waals surface area contributed by atoms with Gasteiger partial charge in [-0.2, -0.15) is 13.2 Å². The Bertz CT molecular complexity index is 1280. The molecular weight excluding hydrogens is 496 g/mol. The summed E-state index contributed by atoms with van der Waals surface area (Å²) in [5.41, 5.74) is -7.77. The summed E-state index contributed by atoms with van der Waals surface area (Å²) in [6.45, 7) is 3.58. The fourth-order valence-corrected chi connectivity index (χ4v) is 5.33. The first kappa shape index (κ1) is 25.3. The third-order valence-corrected chi connectivity index (χ3v) is 7.20. The molecule has 0 aliphatic carbocycles. The predicted octanol–water partition coefficient (Wildman–Crippen LogP) is 8.21. The average molecular weight is 516 g/mol. The SMILES string of the molecule is CCCCOc1ccc(-c2ccc3c(c2F)C(F)(F)P(F)c2c-3ccc(OCC)c2F)c(F)c1F. The van der Waals surface area contributed by atoms with Crippen LogP contribution in [0, 0.1) is 23.3 Å². The fraction of sp³-hybridized carbons (Fsp3) is 0.280. The van der Waals surface area contributed by atoms with Gasteiger partial charge in [-0.25, -0.2) is 17.4 Å². The Morgan fingerprint density at radius 2 is 1.29 bits per heavy atom. The molecule has 1 unspecified atom stereocenters. The molecule has 0 spiro atoms. The van der Waals surface area contributed by atoms with Crippen LogP contribution in [0.25, 0.3) is 22.3 Å². The summed E-state index contributed by atoms with van der Waals surface area (Å²) in [7, 11) is -4.03. The molecule has 0 radical (unpaired) electrons. The topological polar surface area (TPSA) is 18.5 Å². The van der Waals surface area contributed by atoms with Gasteiger partial charge < -0.3 is 9.47 Å². The summed E-state index contributed by atoms with van der Waals surface area (Å²) in [5.74, 6) is -6.58. The fourth-order valence-electron chi connectivity index (χ4n) is 3.94. The molecule has 0 amide bonds. The lowest BCUT2D eigenvalue weighted by atomic mass is 9.93. The molecule has 0 saturated carbocycles. The maximum atomic E-state index is 15.5. The number of alkyl halides is 2. The van der Waals surface area contributed by atoms with Crippen LogP contribution in [0.15, 0.2) is 36.4 Å². The van der Waals surface area contributed by atoms with Crippen LogP contribution >= 0.6 is 8.23 Å². The zero-order chi connectivity index (χ0) is 25.5. The van der Waals surface area contributed by atoms with Crippen molar-refractivity contribution >= 4 is 13.5 Å². The van der Waals surface area contributed by atoms with E-state index in [2.05, 4.69) is 0 Å². The smallest absolute Gasteiger partial charge is 0.326 e. The van der Waals surface area contributed by atoms with E-state index in [1.165, 1.54) is 6.07 Å². The normalized spacial score (nSPS) is 16.0. The summed E-state index contributed by atoms with van der Waals surface area (Å²) in [6.07, 6.45) is 1.35. The molecule has 10 heteroatoms. The molecule has 0 saturated heterocycles. The van der Waals surface area contributed by atoms with Crippen molar-refractivity contribution in [1.29, 1.82) is 0 Å². The molecule has 186 valence electrons. The highest BCUT2D eigenvalue weighted by Gasteiger charge is 2.53. The maximum absolute atomic E-state index is 15.5. The van der Waals surface area contributed by atoms with Crippen LogP contribution in [0.2, 0.25) is 0 Å². The van der Waals surface area contributed by atoms with Crippen molar-refractivity contribution in [3.63, 3.8) is 0 Å². The summed E-state index contributed by atoms with van der Waals surface area (Å²) in [5, 5.41) is -0.888. The predicted molar refractivity (Wildman–Crippen MR) is 120 cm³/mol. The zero-order valence-corrected chi connectivity index (χ0v) is 19.6. The molecule has 3 aromatic carbocycles. The molecule has 1 aliphatic heterocycles. The summed E-state index contributed by atoms with van der Waals surface area (Å²) in [4.78, 5) is 0. The minimum absolute atomic E-state index is 0.0233. The van der Waals surface area contributed by atoms with Gasteiger partial charge in [0.15, 0.2) is 31.4 Å². The largest absolute Gasteiger partial charge is 0.491 e. The van der Waals surface area contributed by atoms with Gasteiger partial charge in [-0.3, -0.25) is 0 Å². The number of rotatable bonds is 7. The molecule has 1 atom stereocenters. The number of unbranched alkanes of at least 4 members (excludes halogenated alkanes) is 1. The van der Waals surface area contributed by atoms with Crippen LogP contribution in [-0.2, 0) is 5.66 Å². The van der Waals surface area contributed by atoms with Gasteiger partial charge in [0.25, 0.3) is 0 Å². The standard InChI is InChI=1S/C25H20F7O2P/c1-3-5-12-34-17-10-8-15(21(27)22(17)28)14-7-6-13-16-9-11-18(33-4-2)23(29)24(16)35(32)25(30,31)19(13)20(14)26/h6-11H,3-5,12H2,1-2H3. The second-order valence-electron chi connectivity index (χ2n) is 7.82. The number of hydrogen-bond acceptors (Lipinski definition) is 2. The van der Waals surface area contributed by atoms with Crippen LogP contribution in [0.3, 0.4) is 0 Å². The second kappa shape index (κ2) is 9.69. The highest BCUT2D eigenvalue weighted by molar-refractivity contribution is 7.61. The molecule has 2 nitrogen and oxygen atoms in total. The molecule has 35 heavy (non-hydrogen) atoms. The first-order valence-corrected chi connectivity index (χ1v) is 12.1. The summed E-state index contributed by atoms with van der Waals surface area (Å²) in [6, 6.07) is 6.39. The Labute approximate surface area is 198 Å². The average Bonchev–Trinajstić information content (AvgIpc) is 2.82. The quantitative estimate of drug-likeness (QED) is 0.179. The van der Waals surface area contributed by atoms with Gasteiger partial charge in [-0.1, -0.05) is 25.5 Å². The molecule has 1 heterocycles. The molecule has 3 aromatic rings. The Hall–Kier alpha value is -2.80. The molecule has 1 aliphatic rings. The van der Waals surface area contributed by atoms with Gasteiger partial charge in [-0.15, -0.1) is 0 Å². The number of ether oxygens (including phenoxy) is 2. The van der Waals surface area contributed by atoms with Crippen LogP contribution in [0.4, 0.5) is 30.5 Å². The van der Waals surface area contributed by atoms with Gasteiger partial charge in [-0.05, 0) is 48.7 Å². The first-order valence-electron chi connectivity index (χ1n) is 10.9. The minimum Gasteiger partial charge on any atom is -0.491 e. The van der Waals surface area contributed by atoms with Gasteiger partial charge in [0.1, 0.15) is 5.82 Å². The van der Waals surface area contributed by atoms with Gasteiger partial charge in [0.2, 0.25) is 5.82 Å². The van der Waals surface area contributed by atoms with E-state index < -0.39 is 76.2 Å². The van der Waals surface area contributed by atoms with Crippen molar-refractivity contribution in [2.45, 2.75) is 32.4 Å². The summed E-state index contributed by atoms with van der Waals surface area (Å²) < 4.78 is 115. The molecule has 4 rings (SSSR count). The van der Waals surface area contributed by atoms with Crippen molar-refractivity contribution in [1.82, 2.24) is 0 Å². The van der Waals surface area contributed by atoms with Crippen molar-refractivity contribution in [3.05, 3.63) is 65.2 Å². The van der Waals surface area contributed by atoms with Crippen molar-refractivity contribution in [3.8, 4) is 33.8 Å². The number of halogens is 7. The maximum Gasteiger partial charge on any atom is 0.326 e. The van der Waals surface area contributed by atoms with E-state index in [0.29, 0.717) is 6.42 Å². The van der Waals surface area contributed by atoms with Crippen LogP contribution in [0.1, 0.15) is 32.3 Å². The van der Waals surface area contributed by atoms with Crippen molar-refractivity contribution in [2.75, 3.05) is 13.2 Å². The lowest BCUT2D eigenvalue weighted by Gasteiger charge is -2.31. The third kappa shape index (κ3) is 4.14. The molecular formula is C25H20F7O2P. The van der Waals surface area contributed by atoms with Gasteiger partial charge >= 0.3 is 5.66 Å². The Balaban J connectivity index is 1.87. The van der Waals surface area contributed by atoms with E-state index in [0.717, 1.165) is 36.8 Å². The van der Waals surface area contributed by atoms with E-state index in [1.54, 1.807) is 6.92 Å². The third-order valence-electron chi connectivity index (χ3n) is 5.65. The number of hydrogen-bond donors (Lipinski definition) is 0. The van der Waals surface area contributed by atoms with Crippen molar-refractivity contribution < 1.29 is 40.0 Å². The van der Waals surface area contributed by atoms with Crippen LogP contribution in [0.5, 0.6) is 11.5 Å². The molecule has 0 aromatic heterocycles. The van der Waals surface area contributed by atoms with E-state index in [-0.39, 0.29) is 18.8 Å². The van der Waals surface area contributed by atoms with E-state index in [1.807, 2.05) is 6.92 Å². The van der Waals surface area contributed by atoms with Gasteiger partial charge in [0, 0.05) is 11.1 Å². The molecule has 0 N–H and O–H groups in total. The minimum atomic E-state index is -4.43.